The molecule has 0 aliphatic heterocycles. The lowest BCUT2D eigenvalue weighted by atomic mass is 10.1. The lowest BCUT2D eigenvalue weighted by Gasteiger charge is -2.20. The number of ether oxygens (including phenoxy) is 3. The van der Waals surface area contributed by atoms with Gasteiger partial charge in [0.1, 0.15) is 6.61 Å². The molecule has 0 aromatic heterocycles. The molecule has 0 amide bonds. The van der Waals surface area contributed by atoms with Crippen molar-refractivity contribution in [2.24, 2.45) is 5.73 Å². The monoisotopic (exact) mass is 267 g/mol. The summed E-state index contributed by atoms with van der Waals surface area (Å²) in [6.07, 6.45) is 0.837. The first-order valence-electron chi connectivity index (χ1n) is 6.60. The van der Waals surface area contributed by atoms with Crippen LogP contribution < -0.4 is 15.2 Å². The van der Waals surface area contributed by atoms with Gasteiger partial charge in [0.2, 0.25) is 0 Å². The fourth-order valence-corrected chi connectivity index (χ4v) is 1.65. The van der Waals surface area contributed by atoms with Crippen molar-refractivity contribution in [1.82, 2.24) is 0 Å². The average Bonchev–Trinajstić information content (AvgIpc) is 2.35. The molecule has 2 N–H and O–H groups in total. The van der Waals surface area contributed by atoms with Crippen LogP contribution in [-0.4, -0.2) is 32.5 Å². The summed E-state index contributed by atoms with van der Waals surface area (Å²) in [5.74, 6) is 1.47. The molecule has 1 rings (SSSR count). The first kappa shape index (κ1) is 15.8. The van der Waals surface area contributed by atoms with Gasteiger partial charge in [0.15, 0.2) is 11.5 Å². The van der Waals surface area contributed by atoms with Gasteiger partial charge < -0.3 is 19.9 Å². The van der Waals surface area contributed by atoms with Crippen molar-refractivity contribution in [3.05, 3.63) is 23.8 Å². The van der Waals surface area contributed by atoms with Crippen molar-refractivity contribution in [3.63, 3.8) is 0 Å². The average molecular weight is 267 g/mol. The number of methoxy groups -OCH3 is 1. The predicted molar refractivity (Wildman–Crippen MR) is 77.0 cm³/mol. The third kappa shape index (κ3) is 5.94. The zero-order valence-electron chi connectivity index (χ0n) is 12.4. The molecule has 0 aliphatic rings. The molecule has 4 heteroatoms. The Kier molecular flexibility index (Phi) is 6.12. The van der Waals surface area contributed by atoms with E-state index in [4.69, 9.17) is 19.9 Å². The second kappa shape index (κ2) is 7.36. The summed E-state index contributed by atoms with van der Waals surface area (Å²) in [5.41, 5.74) is 6.55. The molecule has 0 aliphatic carbocycles. The Morgan fingerprint density at radius 2 is 1.84 bits per heavy atom. The molecule has 108 valence electrons. The van der Waals surface area contributed by atoms with Gasteiger partial charge >= 0.3 is 0 Å². The summed E-state index contributed by atoms with van der Waals surface area (Å²) in [6, 6.07) is 5.89. The van der Waals surface area contributed by atoms with Crippen LogP contribution in [0.3, 0.4) is 0 Å². The standard InChI is InChI=1S/C15H25NO3/c1-15(2,3)19-10-9-18-13-6-5-12(7-8-16)11-14(13)17-4/h5-6,11H,7-10,16H2,1-4H3. The number of hydrogen-bond acceptors (Lipinski definition) is 4. The van der Waals surface area contributed by atoms with Crippen LogP contribution in [0.15, 0.2) is 18.2 Å². The van der Waals surface area contributed by atoms with Gasteiger partial charge in [-0.05, 0) is 51.4 Å². The van der Waals surface area contributed by atoms with E-state index < -0.39 is 0 Å². The van der Waals surface area contributed by atoms with Crippen LogP contribution in [0.1, 0.15) is 26.3 Å². The molecule has 4 nitrogen and oxygen atoms in total. The second-order valence-corrected chi connectivity index (χ2v) is 5.33. The van der Waals surface area contributed by atoms with Crippen molar-refractivity contribution in [3.8, 4) is 11.5 Å². The van der Waals surface area contributed by atoms with Crippen LogP contribution in [0.4, 0.5) is 0 Å². The van der Waals surface area contributed by atoms with E-state index in [1.54, 1.807) is 7.11 Å². The molecule has 1 aromatic rings. The van der Waals surface area contributed by atoms with Gasteiger partial charge in [0, 0.05) is 0 Å². The van der Waals surface area contributed by atoms with Gasteiger partial charge in [-0.15, -0.1) is 0 Å². The van der Waals surface area contributed by atoms with Crippen LogP contribution in [0, 0.1) is 0 Å². The van der Waals surface area contributed by atoms with Crippen LogP contribution in [0.2, 0.25) is 0 Å². The predicted octanol–water partition coefficient (Wildman–Crippen LogP) is 2.39. The number of hydrogen-bond donors (Lipinski definition) is 1. The lowest BCUT2D eigenvalue weighted by molar-refractivity contribution is -0.0165. The van der Waals surface area contributed by atoms with Gasteiger partial charge in [-0.3, -0.25) is 0 Å². The second-order valence-electron chi connectivity index (χ2n) is 5.33. The number of benzene rings is 1. The quantitative estimate of drug-likeness (QED) is 0.771. The van der Waals surface area contributed by atoms with Crippen molar-refractivity contribution in [2.45, 2.75) is 32.8 Å². The summed E-state index contributed by atoms with van der Waals surface area (Å²) in [7, 11) is 1.64. The maximum atomic E-state index is 5.68. The minimum Gasteiger partial charge on any atom is -0.493 e. The summed E-state index contributed by atoms with van der Waals surface area (Å²) in [5, 5.41) is 0. The fourth-order valence-electron chi connectivity index (χ4n) is 1.65. The molecule has 0 saturated heterocycles. The highest BCUT2D eigenvalue weighted by molar-refractivity contribution is 5.43. The first-order valence-corrected chi connectivity index (χ1v) is 6.60. The molecule has 0 fully saturated rings. The van der Waals surface area contributed by atoms with Gasteiger partial charge in [-0.1, -0.05) is 6.07 Å². The molecule has 0 bridgehead atoms. The maximum absolute atomic E-state index is 5.68. The van der Waals surface area contributed by atoms with Crippen LogP contribution in [0.25, 0.3) is 0 Å². The van der Waals surface area contributed by atoms with E-state index in [0.717, 1.165) is 23.5 Å². The molecule has 1 aromatic carbocycles. The Morgan fingerprint density at radius 1 is 1.11 bits per heavy atom. The highest BCUT2D eigenvalue weighted by Crippen LogP contribution is 2.28. The van der Waals surface area contributed by atoms with E-state index >= 15 is 0 Å². The molecule has 0 heterocycles. The minimum atomic E-state index is -0.140. The zero-order chi connectivity index (χ0) is 14.3. The zero-order valence-corrected chi connectivity index (χ0v) is 12.4. The van der Waals surface area contributed by atoms with Crippen LogP contribution in [0.5, 0.6) is 11.5 Å². The molecular formula is C15H25NO3. The van der Waals surface area contributed by atoms with Gasteiger partial charge in [0.25, 0.3) is 0 Å². The topological polar surface area (TPSA) is 53.7 Å². The van der Waals surface area contributed by atoms with Crippen molar-refractivity contribution in [1.29, 1.82) is 0 Å². The molecule has 0 radical (unpaired) electrons. The summed E-state index contributed by atoms with van der Waals surface area (Å²) < 4.78 is 16.6. The van der Waals surface area contributed by atoms with Gasteiger partial charge in [-0.2, -0.15) is 0 Å². The molecule has 19 heavy (non-hydrogen) atoms. The van der Waals surface area contributed by atoms with E-state index in [1.807, 2.05) is 39.0 Å². The van der Waals surface area contributed by atoms with Gasteiger partial charge in [0.05, 0.1) is 19.3 Å². The van der Waals surface area contributed by atoms with Crippen molar-refractivity contribution >= 4 is 0 Å². The molecule has 0 atom stereocenters. The molecule has 0 unspecified atom stereocenters. The number of rotatable bonds is 7. The molecular weight excluding hydrogens is 242 g/mol. The molecule has 0 saturated carbocycles. The van der Waals surface area contributed by atoms with Crippen molar-refractivity contribution in [2.75, 3.05) is 26.9 Å². The largest absolute Gasteiger partial charge is 0.493 e. The van der Waals surface area contributed by atoms with E-state index in [2.05, 4.69) is 0 Å². The lowest BCUT2D eigenvalue weighted by Crippen LogP contribution is -2.22. The summed E-state index contributed by atoms with van der Waals surface area (Å²) >= 11 is 0. The highest BCUT2D eigenvalue weighted by Gasteiger charge is 2.10. The Hall–Kier alpha value is -1.26. The SMILES string of the molecule is COc1cc(CCN)ccc1OCCOC(C)(C)C. The van der Waals surface area contributed by atoms with E-state index in [0.29, 0.717) is 19.8 Å². The normalized spacial score (nSPS) is 11.4. The summed E-state index contributed by atoms with van der Waals surface area (Å²) in [4.78, 5) is 0. The Labute approximate surface area is 115 Å². The third-order valence-electron chi connectivity index (χ3n) is 2.54. The van der Waals surface area contributed by atoms with E-state index in [-0.39, 0.29) is 5.60 Å². The number of nitrogens with two attached hydrogens (primary N) is 1. The fraction of sp³-hybridized carbons (Fsp3) is 0.600. The van der Waals surface area contributed by atoms with Gasteiger partial charge in [-0.25, -0.2) is 0 Å². The van der Waals surface area contributed by atoms with Crippen LogP contribution in [-0.2, 0) is 11.2 Å². The Bertz CT molecular complexity index is 385. The third-order valence-corrected chi connectivity index (χ3v) is 2.54. The molecule has 0 spiro atoms. The smallest absolute Gasteiger partial charge is 0.161 e. The summed E-state index contributed by atoms with van der Waals surface area (Å²) in [6.45, 7) is 7.75. The van der Waals surface area contributed by atoms with E-state index in [9.17, 15) is 0 Å². The van der Waals surface area contributed by atoms with Crippen LogP contribution >= 0.6 is 0 Å². The Morgan fingerprint density at radius 3 is 2.42 bits per heavy atom. The highest BCUT2D eigenvalue weighted by atomic mass is 16.5. The van der Waals surface area contributed by atoms with E-state index in [1.165, 1.54) is 0 Å². The first-order chi connectivity index (χ1) is 8.96. The van der Waals surface area contributed by atoms with Crippen molar-refractivity contribution < 1.29 is 14.2 Å². The maximum Gasteiger partial charge on any atom is 0.161 e. The minimum absolute atomic E-state index is 0.140. The Balaban J connectivity index is 2.53.